The second-order valence-corrected chi connectivity index (χ2v) is 2.22. The molecule has 0 N–H and O–H groups in total. The molecule has 0 saturated heterocycles. The molecule has 0 saturated carbocycles. The van der Waals surface area contributed by atoms with Crippen LogP contribution in [0.5, 0.6) is 0 Å². The highest BCUT2D eigenvalue weighted by Gasteiger charge is 1.70. The van der Waals surface area contributed by atoms with Crippen molar-refractivity contribution < 1.29 is 0 Å². The predicted octanol–water partition coefficient (Wildman–Crippen LogP) is 2.84. The van der Waals surface area contributed by atoms with Crippen LogP contribution >= 0.6 is 11.8 Å². The van der Waals surface area contributed by atoms with Gasteiger partial charge in [0.1, 0.15) is 5.40 Å². The zero-order valence-electron chi connectivity index (χ0n) is 5.71. The molecule has 0 aliphatic rings. The molecule has 1 nitrogen and oxygen atoms in total. The molecule has 10 heavy (non-hydrogen) atoms. The van der Waals surface area contributed by atoms with E-state index in [1.165, 1.54) is 0 Å². The highest BCUT2D eigenvalue weighted by molar-refractivity contribution is 8.06. The minimum absolute atomic E-state index is 0.950. The number of thioether (sulfide) groups is 1. The lowest BCUT2D eigenvalue weighted by molar-refractivity contribution is 1.06. The van der Waals surface area contributed by atoms with Crippen molar-refractivity contribution in [3.8, 4) is 5.40 Å². The Balaban J connectivity index is 3.36. The SMILES string of the molecule is C=CCCC=C=CSC#N. The molecule has 2 heteroatoms. The van der Waals surface area contributed by atoms with Crippen LogP contribution in [0.1, 0.15) is 12.8 Å². The first-order valence-electron chi connectivity index (χ1n) is 2.97. The van der Waals surface area contributed by atoms with Crippen LogP contribution in [-0.4, -0.2) is 0 Å². The highest BCUT2D eigenvalue weighted by atomic mass is 32.2. The third kappa shape index (κ3) is 7.10. The summed E-state index contributed by atoms with van der Waals surface area (Å²) in [6.07, 6.45) is 5.67. The summed E-state index contributed by atoms with van der Waals surface area (Å²) in [5, 5.41) is 11.6. The van der Waals surface area contributed by atoms with Gasteiger partial charge in [-0.05, 0) is 30.7 Å². The highest BCUT2D eigenvalue weighted by Crippen LogP contribution is 1.96. The quantitative estimate of drug-likeness (QED) is 0.267. The molecular formula is C8H9NS. The van der Waals surface area contributed by atoms with Crippen LogP contribution in [-0.2, 0) is 0 Å². The Morgan fingerprint density at radius 2 is 2.30 bits per heavy atom. The van der Waals surface area contributed by atoms with Gasteiger partial charge in [-0.2, -0.15) is 5.26 Å². The van der Waals surface area contributed by atoms with E-state index in [1.807, 2.05) is 17.6 Å². The zero-order valence-corrected chi connectivity index (χ0v) is 6.53. The van der Waals surface area contributed by atoms with E-state index in [9.17, 15) is 0 Å². The van der Waals surface area contributed by atoms with Crippen molar-refractivity contribution in [3.63, 3.8) is 0 Å². The summed E-state index contributed by atoms with van der Waals surface area (Å²) in [6.45, 7) is 3.58. The fourth-order valence-electron chi connectivity index (χ4n) is 0.393. The lowest BCUT2D eigenvalue weighted by atomic mass is 10.3. The van der Waals surface area contributed by atoms with E-state index in [0.717, 1.165) is 24.6 Å². The predicted molar refractivity (Wildman–Crippen MR) is 45.3 cm³/mol. The lowest BCUT2D eigenvalue weighted by Gasteiger charge is -1.77. The Morgan fingerprint density at radius 1 is 1.50 bits per heavy atom. The number of nitrogens with zero attached hydrogens (tertiary/aromatic N) is 1. The van der Waals surface area contributed by atoms with Gasteiger partial charge < -0.3 is 0 Å². The van der Waals surface area contributed by atoms with Crippen LogP contribution in [0.3, 0.4) is 0 Å². The van der Waals surface area contributed by atoms with Crippen molar-refractivity contribution in [2.45, 2.75) is 12.8 Å². The van der Waals surface area contributed by atoms with Crippen LogP contribution in [0.15, 0.2) is 29.9 Å². The minimum atomic E-state index is 0.950. The van der Waals surface area contributed by atoms with E-state index in [1.54, 1.807) is 5.41 Å². The Kier molecular flexibility index (Phi) is 7.37. The molecule has 0 aromatic heterocycles. The molecule has 0 bridgehead atoms. The standard InChI is InChI=1S/C8H9NS/c1-2-3-4-5-6-7-10-8-9/h2,5,7H,1,3-4H2. The lowest BCUT2D eigenvalue weighted by Crippen LogP contribution is -1.58. The van der Waals surface area contributed by atoms with Crippen LogP contribution in [0.4, 0.5) is 0 Å². The van der Waals surface area contributed by atoms with Crippen molar-refractivity contribution in [2.75, 3.05) is 0 Å². The summed E-state index contributed by atoms with van der Waals surface area (Å²) in [5.74, 6) is 0. The molecular weight excluding hydrogens is 142 g/mol. The van der Waals surface area contributed by atoms with E-state index >= 15 is 0 Å². The molecule has 0 aromatic rings. The fourth-order valence-corrected chi connectivity index (χ4v) is 0.610. The topological polar surface area (TPSA) is 23.8 Å². The molecule has 52 valence electrons. The van der Waals surface area contributed by atoms with Gasteiger partial charge in [0.15, 0.2) is 0 Å². The average molecular weight is 151 g/mol. The molecule has 0 atom stereocenters. The molecule has 0 rings (SSSR count). The maximum Gasteiger partial charge on any atom is 0.138 e. The Morgan fingerprint density at radius 3 is 2.90 bits per heavy atom. The van der Waals surface area contributed by atoms with Gasteiger partial charge in [-0.25, -0.2) is 0 Å². The largest absolute Gasteiger partial charge is 0.185 e. The number of hydrogen-bond acceptors (Lipinski definition) is 2. The summed E-state index contributed by atoms with van der Waals surface area (Å²) in [5.41, 5.74) is 2.86. The van der Waals surface area contributed by atoms with Crippen molar-refractivity contribution in [1.29, 1.82) is 5.26 Å². The Hall–Kier alpha value is -0.900. The van der Waals surface area contributed by atoms with Crippen LogP contribution in [0, 0.1) is 10.7 Å². The van der Waals surface area contributed by atoms with Crippen molar-refractivity contribution in [1.82, 2.24) is 0 Å². The van der Waals surface area contributed by atoms with Crippen LogP contribution in [0.25, 0.3) is 0 Å². The fraction of sp³-hybridized carbons (Fsp3) is 0.250. The normalized spacial score (nSPS) is 7.10. The maximum atomic E-state index is 8.08. The van der Waals surface area contributed by atoms with Crippen molar-refractivity contribution in [3.05, 3.63) is 29.9 Å². The second-order valence-electron chi connectivity index (χ2n) is 1.56. The minimum Gasteiger partial charge on any atom is -0.185 e. The van der Waals surface area contributed by atoms with Crippen molar-refractivity contribution in [2.24, 2.45) is 0 Å². The Labute approximate surface area is 65.7 Å². The molecule has 0 amide bonds. The average Bonchev–Trinajstić information content (AvgIpc) is 1.97. The van der Waals surface area contributed by atoms with E-state index in [4.69, 9.17) is 5.26 Å². The van der Waals surface area contributed by atoms with Gasteiger partial charge in [0.05, 0.1) is 0 Å². The van der Waals surface area contributed by atoms with E-state index in [-0.39, 0.29) is 0 Å². The summed E-state index contributed by atoms with van der Waals surface area (Å²) in [4.78, 5) is 0. The van der Waals surface area contributed by atoms with E-state index in [0.29, 0.717) is 0 Å². The third-order valence-corrected chi connectivity index (χ3v) is 1.17. The van der Waals surface area contributed by atoms with Gasteiger partial charge in [-0.1, -0.05) is 6.08 Å². The van der Waals surface area contributed by atoms with E-state index in [2.05, 4.69) is 12.3 Å². The molecule has 0 spiro atoms. The van der Waals surface area contributed by atoms with Gasteiger partial charge in [-0.3, -0.25) is 0 Å². The summed E-state index contributed by atoms with van der Waals surface area (Å²) < 4.78 is 0. The first kappa shape index (κ1) is 9.10. The van der Waals surface area contributed by atoms with Gasteiger partial charge in [0.25, 0.3) is 0 Å². The summed E-state index contributed by atoms with van der Waals surface area (Å²) in [6, 6.07) is 0. The van der Waals surface area contributed by atoms with Gasteiger partial charge in [0.2, 0.25) is 0 Å². The number of rotatable bonds is 4. The van der Waals surface area contributed by atoms with Crippen LogP contribution in [0.2, 0.25) is 0 Å². The van der Waals surface area contributed by atoms with Crippen LogP contribution < -0.4 is 0 Å². The zero-order chi connectivity index (χ0) is 7.66. The van der Waals surface area contributed by atoms with Gasteiger partial charge >= 0.3 is 0 Å². The number of hydrogen-bond donors (Lipinski definition) is 0. The number of unbranched alkanes of at least 4 members (excludes halogenated alkanes) is 1. The Bertz CT molecular complexity index is 182. The number of allylic oxidation sites excluding steroid dienone is 2. The van der Waals surface area contributed by atoms with Crippen molar-refractivity contribution >= 4 is 11.8 Å². The van der Waals surface area contributed by atoms with Gasteiger partial charge in [-0.15, -0.1) is 12.3 Å². The molecule has 0 heterocycles. The van der Waals surface area contributed by atoms with Gasteiger partial charge in [0, 0.05) is 5.41 Å². The first-order chi connectivity index (χ1) is 4.91. The monoisotopic (exact) mass is 151 g/mol. The molecule has 0 unspecified atom stereocenters. The van der Waals surface area contributed by atoms with E-state index < -0.39 is 0 Å². The summed E-state index contributed by atoms with van der Waals surface area (Å²) in [7, 11) is 0. The molecule has 0 fully saturated rings. The summed E-state index contributed by atoms with van der Waals surface area (Å²) >= 11 is 1.08. The molecule has 0 aliphatic carbocycles. The molecule has 0 aromatic carbocycles. The first-order valence-corrected chi connectivity index (χ1v) is 3.85. The number of nitriles is 1. The number of thiocyanates is 1. The molecule has 0 radical (unpaired) electrons. The maximum absolute atomic E-state index is 8.08. The smallest absolute Gasteiger partial charge is 0.138 e. The second kappa shape index (κ2) is 8.10. The molecule has 0 aliphatic heterocycles. The third-order valence-electron chi connectivity index (χ3n) is 0.813.